The molecule has 0 fully saturated rings. The summed E-state index contributed by atoms with van der Waals surface area (Å²) < 4.78 is 1.86. The van der Waals surface area contributed by atoms with Crippen molar-refractivity contribution in [2.45, 2.75) is 13.3 Å². The van der Waals surface area contributed by atoms with E-state index in [9.17, 15) is 4.79 Å². The molecule has 1 N–H and O–H groups in total. The third-order valence-electron chi connectivity index (χ3n) is 2.46. The summed E-state index contributed by atoms with van der Waals surface area (Å²) in [5.41, 5.74) is 1.70. The largest absolute Gasteiger partial charge is 0.352 e. The first-order valence-corrected chi connectivity index (χ1v) is 8.45. The van der Waals surface area contributed by atoms with Crippen molar-refractivity contribution in [3.8, 4) is 0 Å². The Morgan fingerprint density at radius 1 is 1.53 bits per heavy atom. The summed E-state index contributed by atoms with van der Waals surface area (Å²) in [7, 11) is 0. The Balaban J connectivity index is 1.92. The van der Waals surface area contributed by atoms with Crippen molar-refractivity contribution >= 4 is 55.8 Å². The van der Waals surface area contributed by atoms with Crippen LogP contribution >= 0.6 is 49.9 Å². The van der Waals surface area contributed by atoms with E-state index in [2.05, 4.69) is 48.8 Å². The lowest BCUT2D eigenvalue weighted by molar-refractivity contribution is 0.0953. The lowest BCUT2D eigenvalue weighted by Crippen LogP contribution is -2.26. The molecule has 19 heavy (non-hydrogen) atoms. The minimum atomic E-state index is -0.0568. The van der Waals surface area contributed by atoms with E-state index in [1.165, 1.54) is 0 Å². The molecule has 0 aliphatic heterocycles. The van der Waals surface area contributed by atoms with Gasteiger partial charge < -0.3 is 5.32 Å². The van der Waals surface area contributed by atoms with Gasteiger partial charge in [0.05, 0.1) is 10.6 Å². The van der Waals surface area contributed by atoms with Crippen LogP contribution in [0, 0.1) is 10.5 Å². The molecule has 0 atom stereocenters. The fourth-order valence-electron chi connectivity index (χ4n) is 1.57. The maximum atomic E-state index is 12.1. The van der Waals surface area contributed by atoms with E-state index in [4.69, 9.17) is 0 Å². The van der Waals surface area contributed by atoms with Crippen molar-refractivity contribution in [2.75, 3.05) is 6.54 Å². The Labute approximate surface area is 138 Å². The number of carbonyl (C=O) groups excluding carboxylic acids is 1. The standard InChI is InChI=1S/C13H12BrIN2OS/c1-8-7-19-12(17-8)4-5-16-13(18)10-6-9(15)2-3-11(10)14/h2-3,6-7H,4-5H2,1H3,(H,16,18). The highest BCUT2D eigenvalue weighted by molar-refractivity contribution is 14.1. The zero-order valence-corrected chi connectivity index (χ0v) is 14.8. The minimum Gasteiger partial charge on any atom is -0.352 e. The molecule has 1 aromatic carbocycles. The Morgan fingerprint density at radius 3 is 3.00 bits per heavy atom. The number of rotatable bonds is 4. The Kier molecular flexibility index (Phi) is 5.35. The van der Waals surface area contributed by atoms with Gasteiger partial charge in [-0.2, -0.15) is 0 Å². The van der Waals surface area contributed by atoms with E-state index in [0.717, 1.165) is 25.2 Å². The van der Waals surface area contributed by atoms with Crippen molar-refractivity contribution in [3.05, 3.63) is 47.9 Å². The average Bonchev–Trinajstić information content (AvgIpc) is 2.78. The van der Waals surface area contributed by atoms with Crippen LogP contribution in [0.2, 0.25) is 0 Å². The number of hydrogen-bond acceptors (Lipinski definition) is 3. The van der Waals surface area contributed by atoms with Gasteiger partial charge in [-0.05, 0) is 63.6 Å². The quantitative estimate of drug-likeness (QED) is 0.720. The molecule has 0 saturated heterocycles. The minimum absolute atomic E-state index is 0.0568. The van der Waals surface area contributed by atoms with Crippen LogP contribution in [0.25, 0.3) is 0 Å². The summed E-state index contributed by atoms with van der Waals surface area (Å²) in [6.45, 7) is 2.57. The Morgan fingerprint density at radius 2 is 2.32 bits per heavy atom. The maximum Gasteiger partial charge on any atom is 0.252 e. The highest BCUT2D eigenvalue weighted by atomic mass is 127. The second-order valence-electron chi connectivity index (χ2n) is 4.01. The summed E-state index contributed by atoms with van der Waals surface area (Å²) in [4.78, 5) is 16.4. The van der Waals surface area contributed by atoms with Crippen LogP contribution in [-0.4, -0.2) is 17.4 Å². The van der Waals surface area contributed by atoms with E-state index < -0.39 is 0 Å². The van der Waals surface area contributed by atoms with Crippen LogP contribution in [0.4, 0.5) is 0 Å². The van der Waals surface area contributed by atoms with Crippen molar-refractivity contribution in [1.29, 1.82) is 0 Å². The van der Waals surface area contributed by atoms with Gasteiger partial charge in [0.15, 0.2) is 0 Å². The number of nitrogens with one attached hydrogen (secondary N) is 1. The van der Waals surface area contributed by atoms with Crippen LogP contribution in [0.1, 0.15) is 21.1 Å². The number of hydrogen-bond donors (Lipinski definition) is 1. The van der Waals surface area contributed by atoms with Crippen LogP contribution in [0.5, 0.6) is 0 Å². The van der Waals surface area contributed by atoms with Gasteiger partial charge in [-0.15, -0.1) is 11.3 Å². The fraction of sp³-hybridized carbons (Fsp3) is 0.231. The highest BCUT2D eigenvalue weighted by Gasteiger charge is 2.10. The zero-order chi connectivity index (χ0) is 13.8. The molecule has 1 aromatic heterocycles. The molecule has 1 amide bonds. The van der Waals surface area contributed by atoms with Crippen LogP contribution in [0.15, 0.2) is 28.1 Å². The average molecular weight is 451 g/mol. The SMILES string of the molecule is Cc1csc(CCNC(=O)c2cc(I)ccc2Br)n1. The van der Waals surface area contributed by atoms with Gasteiger partial charge in [-0.1, -0.05) is 0 Å². The smallest absolute Gasteiger partial charge is 0.252 e. The van der Waals surface area contributed by atoms with E-state index in [-0.39, 0.29) is 5.91 Å². The molecule has 0 unspecified atom stereocenters. The molecule has 0 bridgehead atoms. The summed E-state index contributed by atoms with van der Waals surface area (Å²) in [6, 6.07) is 5.72. The molecule has 2 aromatic rings. The Hall–Kier alpha value is -0.470. The zero-order valence-electron chi connectivity index (χ0n) is 10.2. The normalized spacial score (nSPS) is 10.5. The number of aryl methyl sites for hydroxylation is 1. The molecule has 3 nitrogen and oxygen atoms in total. The number of thiazole rings is 1. The lowest BCUT2D eigenvalue weighted by Gasteiger charge is -2.06. The van der Waals surface area contributed by atoms with Gasteiger partial charge in [0.2, 0.25) is 0 Å². The maximum absolute atomic E-state index is 12.1. The molecule has 6 heteroatoms. The molecule has 0 aliphatic rings. The summed E-state index contributed by atoms with van der Waals surface area (Å²) in [5.74, 6) is -0.0568. The molecular formula is C13H12BrIN2OS. The molecule has 100 valence electrons. The molecule has 0 saturated carbocycles. The molecule has 1 heterocycles. The van der Waals surface area contributed by atoms with E-state index in [1.807, 2.05) is 30.5 Å². The van der Waals surface area contributed by atoms with Gasteiger partial charge in [0, 0.05) is 32.1 Å². The second kappa shape index (κ2) is 6.81. The van der Waals surface area contributed by atoms with Gasteiger partial charge in [0.25, 0.3) is 5.91 Å². The van der Waals surface area contributed by atoms with Gasteiger partial charge in [-0.3, -0.25) is 4.79 Å². The monoisotopic (exact) mass is 450 g/mol. The number of carbonyl (C=O) groups is 1. The number of amides is 1. The number of halogens is 2. The highest BCUT2D eigenvalue weighted by Crippen LogP contribution is 2.19. The number of benzene rings is 1. The van der Waals surface area contributed by atoms with Crippen molar-refractivity contribution in [2.24, 2.45) is 0 Å². The Bertz CT molecular complexity index is 600. The predicted octanol–water partition coefficient (Wildman–Crippen LogP) is 3.79. The van der Waals surface area contributed by atoms with Crippen LogP contribution in [-0.2, 0) is 6.42 Å². The van der Waals surface area contributed by atoms with Crippen LogP contribution in [0.3, 0.4) is 0 Å². The third-order valence-corrected chi connectivity index (χ3v) is 4.85. The van der Waals surface area contributed by atoms with Gasteiger partial charge >= 0.3 is 0 Å². The second-order valence-corrected chi connectivity index (χ2v) is 7.06. The lowest BCUT2D eigenvalue weighted by atomic mass is 10.2. The molecular weight excluding hydrogens is 439 g/mol. The summed E-state index contributed by atoms with van der Waals surface area (Å²) in [6.07, 6.45) is 0.770. The van der Waals surface area contributed by atoms with E-state index >= 15 is 0 Å². The number of nitrogens with zero attached hydrogens (tertiary/aromatic N) is 1. The third kappa shape index (κ3) is 4.25. The van der Waals surface area contributed by atoms with Crippen molar-refractivity contribution < 1.29 is 4.79 Å². The van der Waals surface area contributed by atoms with Crippen molar-refractivity contribution in [1.82, 2.24) is 10.3 Å². The van der Waals surface area contributed by atoms with Gasteiger partial charge in [0.1, 0.15) is 0 Å². The van der Waals surface area contributed by atoms with Crippen LogP contribution < -0.4 is 5.32 Å². The summed E-state index contributed by atoms with van der Waals surface area (Å²) >= 11 is 7.22. The summed E-state index contributed by atoms with van der Waals surface area (Å²) in [5, 5.41) is 6.00. The van der Waals surface area contributed by atoms with E-state index in [1.54, 1.807) is 11.3 Å². The van der Waals surface area contributed by atoms with E-state index in [0.29, 0.717) is 12.1 Å². The van der Waals surface area contributed by atoms with Crippen molar-refractivity contribution in [3.63, 3.8) is 0 Å². The molecule has 0 spiro atoms. The topological polar surface area (TPSA) is 42.0 Å². The first kappa shape index (κ1) is 14.9. The first-order valence-electron chi connectivity index (χ1n) is 5.70. The fourth-order valence-corrected chi connectivity index (χ4v) is 3.26. The molecule has 0 radical (unpaired) electrons. The molecule has 2 rings (SSSR count). The first-order chi connectivity index (χ1) is 9.06. The number of aromatic nitrogens is 1. The molecule has 0 aliphatic carbocycles. The van der Waals surface area contributed by atoms with Gasteiger partial charge in [-0.25, -0.2) is 4.98 Å². The predicted molar refractivity (Wildman–Crippen MR) is 89.7 cm³/mol.